The van der Waals surface area contributed by atoms with Gasteiger partial charge in [0.05, 0.1) is 37.4 Å². The average Bonchev–Trinajstić information content (AvgIpc) is 3.73. The van der Waals surface area contributed by atoms with Crippen LogP contribution in [-0.2, 0) is 6.54 Å². The lowest BCUT2D eigenvalue weighted by Crippen LogP contribution is -2.32. The van der Waals surface area contributed by atoms with E-state index in [0.717, 1.165) is 29.9 Å². The highest BCUT2D eigenvalue weighted by molar-refractivity contribution is 5.95. The Labute approximate surface area is 197 Å². The number of benzene rings is 3. The lowest BCUT2D eigenvalue weighted by Gasteiger charge is -2.24. The van der Waals surface area contributed by atoms with Crippen LogP contribution in [0.15, 0.2) is 77.9 Å². The molecule has 3 aromatic carbocycles. The first-order chi connectivity index (χ1) is 16.6. The highest BCUT2D eigenvalue weighted by Gasteiger charge is 2.33. The number of aromatic nitrogens is 2. The molecule has 34 heavy (non-hydrogen) atoms. The molecular weight excluding hydrogens is 430 g/mol. The van der Waals surface area contributed by atoms with Crippen LogP contribution in [0, 0.1) is 0 Å². The zero-order valence-electron chi connectivity index (χ0n) is 19.1. The maximum atomic E-state index is 13.4. The van der Waals surface area contributed by atoms with Gasteiger partial charge < -0.3 is 14.4 Å². The van der Waals surface area contributed by atoms with Crippen molar-refractivity contribution in [3.8, 4) is 17.2 Å². The number of hydrogen-bond acceptors (Lipinski definition) is 5. The van der Waals surface area contributed by atoms with Crippen molar-refractivity contribution in [2.45, 2.75) is 25.4 Å². The van der Waals surface area contributed by atoms with Crippen LogP contribution in [0.5, 0.6) is 11.5 Å². The van der Waals surface area contributed by atoms with E-state index in [1.807, 2.05) is 41.3 Å². The summed E-state index contributed by atoms with van der Waals surface area (Å²) in [6.07, 6.45) is 3.48. The molecule has 0 bridgehead atoms. The summed E-state index contributed by atoms with van der Waals surface area (Å²) in [5.74, 6) is 1.39. The van der Waals surface area contributed by atoms with Gasteiger partial charge in [-0.2, -0.15) is 0 Å². The molecule has 1 fully saturated rings. The molecule has 4 aromatic rings. The van der Waals surface area contributed by atoms with Gasteiger partial charge in [0.1, 0.15) is 17.8 Å². The number of para-hydroxylation sites is 1. The van der Waals surface area contributed by atoms with E-state index in [1.165, 1.54) is 10.9 Å². The SMILES string of the molecule is COc1ccc(OC)c(CN(C(=O)c2ccc(-n3cnc4ccccc4c3=O)cc2)C2CC2)c1. The Morgan fingerprint density at radius 3 is 2.50 bits per heavy atom. The molecule has 1 amide bonds. The number of amides is 1. The Morgan fingerprint density at radius 1 is 1.03 bits per heavy atom. The molecule has 172 valence electrons. The third-order valence-electron chi connectivity index (χ3n) is 6.13. The third kappa shape index (κ3) is 4.12. The Morgan fingerprint density at radius 2 is 1.79 bits per heavy atom. The predicted octanol–water partition coefficient (Wildman–Crippen LogP) is 4.21. The minimum absolute atomic E-state index is 0.0529. The second-order valence-electron chi connectivity index (χ2n) is 8.33. The van der Waals surface area contributed by atoms with Gasteiger partial charge >= 0.3 is 0 Å². The maximum Gasteiger partial charge on any atom is 0.265 e. The fourth-order valence-corrected chi connectivity index (χ4v) is 4.13. The minimum Gasteiger partial charge on any atom is -0.497 e. The van der Waals surface area contributed by atoms with Crippen molar-refractivity contribution in [1.82, 2.24) is 14.5 Å². The van der Waals surface area contributed by atoms with Gasteiger partial charge in [0.25, 0.3) is 11.5 Å². The van der Waals surface area contributed by atoms with Gasteiger partial charge in [0.15, 0.2) is 0 Å². The fourth-order valence-electron chi connectivity index (χ4n) is 4.13. The smallest absolute Gasteiger partial charge is 0.265 e. The molecule has 0 atom stereocenters. The molecule has 0 aliphatic heterocycles. The first-order valence-electron chi connectivity index (χ1n) is 11.2. The van der Waals surface area contributed by atoms with Gasteiger partial charge in [-0.15, -0.1) is 0 Å². The molecule has 0 saturated heterocycles. The molecule has 7 heteroatoms. The molecule has 1 heterocycles. The second kappa shape index (κ2) is 9.02. The number of methoxy groups -OCH3 is 2. The van der Waals surface area contributed by atoms with Gasteiger partial charge in [-0.1, -0.05) is 12.1 Å². The highest BCUT2D eigenvalue weighted by atomic mass is 16.5. The molecule has 0 spiro atoms. The molecular formula is C27H25N3O4. The zero-order valence-corrected chi connectivity index (χ0v) is 19.1. The van der Waals surface area contributed by atoms with E-state index in [9.17, 15) is 9.59 Å². The molecule has 7 nitrogen and oxygen atoms in total. The van der Waals surface area contributed by atoms with Crippen molar-refractivity contribution in [1.29, 1.82) is 0 Å². The number of nitrogens with zero attached hydrogens (tertiary/aromatic N) is 3. The summed E-state index contributed by atoms with van der Waals surface area (Å²) in [6, 6.07) is 20.1. The van der Waals surface area contributed by atoms with Crippen molar-refractivity contribution in [2.24, 2.45) is 0 Å². The van der Waals surface area contributed by atoms with E-state index in [4.69, 9.17) is 9.47 Å². The monoisotopic (exact) mass is 455 g/mol. The van der Waals surface area contributed by atoms with E-state index in [1.54, 1.807) is 44.6 Å². The van der Waals surface area contributed by atoms with E-state index < -0.39 is 0 Å². The van der Waals surface area contributed by atoms with E-state index in [2.05, 4.69) is 4.98 Å². The molecule has 0 unspecified atom stereocenters. The fraction of sp³-hybridized carbons (Fsp3) is 0.222. The quantitative estimate of drug-likeness (QED) is 0.417. The summed E-state index contributed by atoms with van der Waals surface area (Å²) in [5, 5.41) is 0.553. The summed E-state index contributed by atoms with van der Waals surface area (Å²) >= 11 is 0. The highest BCUT2D eigenvalue weighted by Crippen LogP contribution is 2.33. The summed E-state index contributed by atoms with van der Waals surface area (Å²) in [6.45, 7) is 0.430. The van der Waals surface area contributed by atoms with Crippen molar-refractivity contribution < 1.29 is 14.3 Å². The van der Waals surface area contributed by atoms with E-state index in [-0.39, 0.29) is 17.5 Å². The van der Waals surface area contributed by atoms with Crippen LogP contribution in [0.4, 0.5) is 0 Å². The minimum atomic E-state index is -0.144. The number of hydrogen-bond donors (Lipinski definition) is 0. The van der Waals surface area contributed by atoms with Crippen molar-refractivity contribution in [3.63, 3.8) is 0 Å². The van der Waals surface area contributed by atoms with Crippen LogP contribution >= 0.6 is 0 Å². The summed E-state index contributed by atoms with van der Waals surface area (Å²) in [4.78, 5) is 32.6. The molecule has 5 rings (SSSR count). The standard InChI is InChI=1S/C27H25N3O4/c1-33-22-13-14-25(34-2)19(15-22)16-29(20-11-12-20)26(31)18-7-9-21(10-8-18)30-17-28-24-6-4-3-5-23(24)27(30)32/h3-10,13-15,17,20H,11-12,16H2,1-2H3. The molecule has 1 aliphatic carbocycles. The van der Waals surface area contributed by atoms with Gasteiger partial charge in [0, 0.05) is 17.2 Å². The van der Waals surface area contributed by atoms with Crippen LogP contribution in [0.25, 0.3) is 16.6 Å². The molecule has 1 aromatic heterocycles. The number of fused-ring (bicyclic) bond motifs is 1. The Balaban J connectivity index is 1.42. The summed E-state index contributed by atoms with van der Waals surface area (Å²) in [7, 11) is 3.24. The molecule has 0 radical (unpaired) electrons. The number of ether oxygens (including phenoxy) is 2. The molecule has 0 N–H and O–H groups in total. The van der Waals surface area contributed by atoms with Crippen LogP contribution < -0.4 is 15.0 Å². The maximum absolute atomic E-state index is 13.4. The lowest BCUT2D eigenvalue weighted by atomic mass is 10.1. The van der Waals surface area contributed by atoms with Gasteiger partial charge in [-0.25, -0.2) is 4.98 Å². The van der Waals surface area contributed by atoms with E-state index in [0.29, 0.717) is 28.7 Å². The Bertz CT molecular complexity index is 1410. The second-order valence-corrected chi connectivity index (χ2v) is 8.33. The first kappa shape index (κ1) is 21.7. The lowest BCUT2D eigenvalue weighted by molar-refractivity contribution is 0.0728. The zero-order chi connectivity index (χ0) is 23.7. The Kier molecular flexibility index (Phi) is 5.76. The van der Waals surface area contributed by atoms with Crippen molar-refractivity contribution in [2.75, 3.05) is 14.2 Å². The van der Waals surface area contributed by atoms with Gasteiger partial charge in [0.2, 0.25) is 0 Å². The molecule has 1 aliphatic rings. The van der Waals surface area contributed by atoms with Crippen LogP contribution in [0.2, 0.25) is 0 Å². The first-order valence-corrected chi connectivity index (χ1v) is 11.2. The number of rotatable bonds is 7. The van der Waals surface area contributed by atoms with E-state index >= 15 is 0 Å². The largest absolute Gasteiger partial charge is 0.497 e. The predicted molar refractivity (Wildman–Crippen MR) is 130 cm³/mol. The topological polar surface area (TPSA) is 73.7 Å². The van der Waals surface area contributed by atoms with Crippen LogP contribution in [-0.4, -0.2) is 40.6 Å². The van der Waals surface area contributed by atoms with Gasteiger partial charge in [-0.3, -0.25) is 14.2 Å². The number of carbonyl (C=O) groups excluding carboxylic acids is 1. The summed E-state index contributed by atoms with van der Waals surface area (Å²) < 4.78 is 12.4. The van der Waals surface area contributed by atoms with Crippen LogP contribution in [0.1, 0.15) is 28.8 Å². The normalized spacial score (nSPS) is 13.0. The van der Waals surface area contributed by atoms with Gasteiger partial charge in [-0.05, 0) is 67.4 Å². The number of carbonyl (C=O) groups is 1. The Hall–Kier alpha value is -4.13. The van der Waals surface area contributed by atoms with Crippen molar-refractivity contribution >= 4 is 16.8 Å². The third-order valence-corrected chi connectivity index (χ3v) is 6.13. The van der Waals surface area contributed by atoms with Crippen molar-refractivity contribution in [3.05, 3.63) is 94.5 Å². The van der Waals surface area contributed by atoms with Crippen LogP contribution in [0.3, 0.4) is 0 Å². The average molecular weight is 456 g/mol. The summed E-state index contributed by atoms with van der Waals surface area (Å²) in [5.41, 5.74) is 2.64. The molecule has 1 saturated carbocycles.